The van der Waals surface area contributed by atoms with Gasteiger partial charge >= 0.3 is 0 Å². The van der Waals surface area contributed by atoms with Crippen LogP contribution < -0.4 is 5.73 Å². The Morgan fingerprint density at radius 1 is 1.50 bits per heavy atom. The number of hydrogen-bond donors (Lipinski definition) is 1. The minimum absolute atomic E-state index is 0.333. The summed E-state index contributed by atoms with van der Waals surface area (Å²) in [6.45, 7) is 5.33. The van der Waals surface area contributed by atoms with Gasteiger partial charge in [0, 0.05) is 19.8 Å². The standard InChI is InChI=1S/C12H22N4/c1-10-3-5-16(6-4-10)11(7-13)12-8-14-9-15(12)2/h8-11H,3-7,13H2,1-2H3. The molecule has 4 heteroatoms. The summed E-state index contributed by atoms with van der Waals surface area (Å²) in [7, 11) is 2.04. The third kappa shape index (κ3) is 2.28. The molecule has 0 spiro atoms. The Kier molecular flexibility index (Phi) is 3.61. The second-order valence-electron chi connectivity index (χ2n) is 4.90. The molecule has 0 bridgehead atoms. The molecule has 0 aromatic carbocycles. The molecule has 1 aromatic heterocycles. The van der Waals surface area contributed by atoms with Crippen molar-refractivity contribution in [1.82, 2.24) is 14.5 Å². The molecule has 0 saturated carbocycles. The highest BCUT2D eigenvalue weighted by atomic mass is 15.2. The van der Waals surface area contributed by atoms with Crippen molar-refractivity contribution in [3.8, 4) is 0 Å². The predicted octanol–water partition coefficient (Wildman–Crippen LogP) is 1.15. The van der Waals surface area contributed by atoms with Gasteiger partial charge in [0.15, 0.2) is 0 Å². The van der Waals surface area contributed by atoms with Crippen molar-refractivity contribution in [2.24, 2.45) is 18.7 Å². The summed E-state index contributed by atoms with van der Waals surface area (Å²) in [5.74, 6) is 0.862. The van der Waals surface area contributed by atoms with Crippen LogP contribution in [0, 0.1) is 5.92 Å². The van der Waals surface area contributed by atoms with E-state index < -0.39 is 0 Å². The first kappa shape index (κ1) is 11.6. The van der Waals surface area contributed by atoms with Crippen molar-refractivity contribution in [2.45, 2.75) is 25.8 Å². The Morgan fingerprint density at radius 2 is 2.19 bits per heavy atom. The van der Waals surface area contributed by atoms with E-state index >= 15 is 0 Å². The Balaban J connectivity index is 2.08. The molecule has 1 aliphatic heterocycles. The Morgan fingerprint density at radius 3 is 2.69 bits per heavy atom. The molecule has 2 rings (SSSR count). The number of aromatic nitrogens is 2. The topological polar surface area (TPSA) is 47.1 Å². The van der Waals surface area contributed by atoms with Gasteiger partial charge in [0.2, 0.25) is 0 Å². The number of nitrogens with zero attached hydrogens (tertiary/aromatic N) is 3. The first-order valence-electron chi connectivity index (χ1n) is 6.12. The molecular formula is C12H22N4. The second-order valence-corrected chi connectivity index (χ2v) is 4.90. The van der Waals surface area contributed by atoms with E-state index in [1.807, 2.05) is 19.6 Å². The van der Waals surface area contributed by atoms with Crippen LogP contribution in [0.15, 0.2) is 12.5 Å². The minimum Gasteiger partial charge on any atom is -0.336 e. The van der Waals surface area contributed by atoms with E-state index in [0.717, 1.165) is 19.0 Å². The van der Waals surface area contributed by atoms with E-state index in [4.69, 9.17) is 5.73 Å². The predicted molar refractivity (Wildman–Crippen MR) is 65.0 cm³/mol. The van der Waals surface area contributed by atoms with Crippen molar-refractivity contribution in [3.63, 3.8) is 0 Å². The van der Waals surface area contributed by atoms with Crippen LogP contribution in [-0.4, -0.2) is 34.1 Å². The Hall–Kier alpha value is -0.870. The average Bonchev–Trinajstić information content (AvgIpc) is 2.69. The molecule has 1 fully saturated rings. The van der Waals surface area contributed by atoms with Crippen LogP contribution in [0.25, 0.3) is 0 Å². The molecule has 2 N–H and O–H groups in total. The summed E-state index contributed by atoms with van der Waals surface area (Å²) in [5.41, 5.74) is 7.15. The van der Waals surface area contributed by atoms with Gasteiger partial charge in [0.05, 0.1) is 18.1 Å². The number of aryl methyl sites for hydroxylation is 1. The van der Waals surface area contributed by atoms with Gasteiger partial charge in [-0.3, -0.25) is 4.90 Å². The molecule has 16 heavy (non-hydrogen) atoms. The van der Waals surface area contributed by atoms with Crippen molar-refractivity contribution >= 4 is 0 Å². The van der Waals surface area contributed by atoms with Gasteiger partial charge in [-0.2, -0.15) is 0 Å². The lowest BCUT2D eigenvalue weighted by Crippen LogP contribution is -2.40. The number of hydrogen-bond acceptors (Lipinski definition) is 3. The van der Waals surface area contributed by atoms with Crippen LogP contribution in [0.2, 0.25) is 0 Å². The summed E-state index contributed by atoms with van der Waals surface area (Å²) in [4.78, 5) is 6.68. The second kappa shape index (κ2) is 4.97. The van der Waals surface area contributed by atoms with Crippen molar-refractivity contribution in [2.75, 3.05) is 19.6 Å². The van der Waals surface area contributed by atoms with Gasteiger partial charge in [-0.15, -0.1) is 0 Å². The number of nitrogens with two attached hydrogens (primary N) is 1. The number of piperidine rings is 1. The molecule has 1 saturated heterocycles. The van der Waals surface area contributed by atoms with Crippen LogP contribution in [-0.2, 0) is 7.05 Å². The van der Waals surface area contributed by atoms with E-state index in [9.17, 15) is 0 Å². The zero-order valence-electron chi connectivity index (χ0n) is 10.3. The van der Waals surface area contributed by atoms with Crippen LogP contribution in [0.1, 0.15) is 31.5 Å². The molecule has 1 atom stereocenters. The number of likely N-dealkylation sites (tertiary alicyclic amines) is 1. The van der Waals surface area contributed by atoms with E-state index in [1.165, 1.54) is 18.5 Å². The van der Waals surface area contributed by atoms with E-state index in [1.54, 1.807) is 0 Å². The smallest absolute Gasteiger partial charge is 0.0946 e. The van der Waals surface area contributed by atoms with Crippen molar-refractivity contribution in [3.05, 3.63) is 18.2 Å². The molecule has 2 heterocycles. The minimum atomic E-state index is 0.333. The van der Waals surface area contributed by atoms with Gasteiger partial charge in [-0.1, -0.05) is 6.92 Å². The molecule has 0 aliphatic carbocycles. The SMILES string of the molecule is CC1CCN(C(CN)c2cncn2C)CC1. The summed E-state index contributed by atoms with van der Waals surface area (Å²) in [6.07, 6.45) is 6.36. The van der Waals surface area contributed by atoms with E-state index in [0.29, 0.717) is 12.6 Å². The van der Waals surface area contributed by atoms with Gasteiger partial charge in [-0.05, 0) is 31.8 Å². The molecule has 1 aliphatic rings. The third-order valence-corrected chi connectivity index (χ3v) is 3.68. The maximum atomic E-state index is 5.92. The number of imidazole rings is 1. The summed E-state index contributed by atoms with van der Waals surface area (Å²) in [6, 6.07) is 0.333. The first-order chi connectivity index (χ1) is 7.72. The fraction of sp³-hybridized carbons (Fsp3) is 0.750. The van der Waals surface area contributed by atoms with Crippen LogP contribution >= 0.6 is 0 Å². The van der Waals surface area contributed by atoms with Crippen molar-refractivity contribution < 1.29 is 0 Å². The van der Waals surface area contributed by atoms with Crippen molar-refractivity contribution in [1.29, 1.82) is 0 Å². The maximum Gasteiger partial charge on any atom is 0.0946 e. The highest BCUT2D eigenvalue weighted by Gasteiger charge is 2.25. The molecule has 0 radical (unpaired) electrons. The fourth-order valence-electron chi connectivity index (χ4n) is 2.49. The lowest BCUT2D eigenvalue weighted by atomic mass is 9.97. The first-order valence-corrected chi connectivity index (χ1v) is 6.12. The summed E-state index contributed by atoms with van der Waals surface area (Å²) in [5, 5.41) is 0. The Bertz CT molecular complexity index is 326. The molecule has 0 amide bonds. The highest BCUT2D eigenvalue weighted by Crippen LogP contribution is 2.25. The average molecular weight is 222 g/mol. The fourth-order valence-corrected chi connectivity index (χ4v) is 2.49. The molecule has 1 unspecified atom stereocenters. The normalized spacial score (nSPS) is 21.2. The van der Waals surface area contributed by atoms with E-state index in [2.05, 4.69) is 21.4 Å². The highest BCUT2D eigenvalue weighted by molar-refractivity contribution is 5.06. The molecular weight excluding hydrogens is 200 g/mol. The van der Waals surface area contributed by atoms with Gasteiger partial charge in [0.1, 0.15) is 0 Å². The Labute approximate surface area is 97.4 Å². The van der Waals surface area contributed by atoms with Gasteiger partial charge in [0.25, 0.3) is 0 Å². The lowest BCUT2D eigenvalue weighted by molar-refractivity contribution is 0.137. The zero-order valence-corrected chi connectivity index (χ0v) is 10.3. The van der Waals surface area contributed by atoms with Gasteiger partial charge in [-0.25, -0.2) is 4.98 Å². The zero-order chi connectivity index (χ0) is 11.5. The molecule has 4 nitrogen and oxygen atoms in total. The quantitative estimate of drug-likeness (QED) is 0.834. The number of rotatable bonds is 3. The summed E-state index contributed by atoms with van der Waals surface area (Å²) < 4.78 is 2.08. The van der Waals surface area contributed by atoms with E-state index in [-0.39, 0.29) is 0 Å². The largest absolute Gasteiger partial charge is 0.336 e. The lowest BCUT2D eigenvalue weighted by Gasteiger charge is -2.36. The van der Waals surface area contributed by atoms with Crippen LogP contribution in [0.4, 0.5) is 0 Å². The van der Waals surface area contributed by atoms with Crippen LogP contribution in [0.3, 0.4) is 0 Å². The molecule has 1 aromatic rings. The van der Waals surface area contributed by atoms with Gasteiger partial charge < -0.3 is 10.3 Å². The summed E-state index contributed by atoms with van der Waals surface area (Å²) >= 11 is 0. The van der Waals surface area contributed by atoms with Crippen LogP contribution in [0.5, 0.6) is 0 Å². The third-order valence-electron chi connectivity index (χ3n) is 3.68. The monoisotopic (exact) mass is 222 g/mol. The maximum absolute atomic E-state index is 5.92. The molecule has 90 valence electrons.